The smallest absolute Gasteiger partial charge is 0.456 e. The molecule has 0 aliphatic heterocycles. The monoisotopic (exact) mass is 416 g/mol. The third-order valence-corrected chi connectivity index (χ3v) is 9.36. The van der Waals surface area contributed by atoms with Crippen LogP contribution in [0.25, 0.3) is 0 Å². The van der Waals surface area contributed by atoms with Gasteiger partial charge in [-0.1, -0.05) is 0 Å². The van der Waals surface area contributed by atoms with Crippen molar-refractivity contribution in [2.75, 3.05) is 33.0 Å². The number of rotatable bonds is 10. The van der Waals surface area contributed by atoms with E-state index in [4.69, 9.17) is 26.9 Å². The molecule has 0 saturated heterocycles. The summed E-state index contributed by atoms with van der Waals surface area (Å²) in [5.41, 5.74) is 0. The van der Waals surface area contributed by atoms with E-state index in [1.54, 1.807) is 6.92 Å². The molecule has 0 atom stereocenters. The van der Waals surface area contributed by atoms with E-state index in [9.17, 15) is 0 Å². The highest BCUT2D eigenvalue weighted by Crippen LogP contribution is 2.12. The Morgan fingerprint density at radius 1 is 0.560 bits per heavy atom. The van der Waals surface area contributed by atoms with Gasteiger partial charge in [-0.25, -0.2) is 0 Å². The molecular formula is C16H44O6Si3. The number of aliphatic hydroxyl groups excluding tert-OH is 1. The molecule has 0 fully saturated rings. The Kier molecular flexibility index (Phi) is 20.0. The first-order chi connectivity index (χ1) is 11.4. The quantitative estimate of drug-likeness (QED) is 0.537. The highest BCUT2D eigenvalue weighted by atomic mass is 28.4. The van der Waals surface area contributed by atoms with E-state index in [1.165, 1.54) is 0 Å². The van der Waals surface area contributed by atoms with Crippen LogP contribution in [0.15, 0.2) is 0 Å². The molecule has 0 radical (unpaired) electrons. The molecule has 0 saturated carbocycles. The molecule has 6 nitrogen and oxygen atoms in total. The lowest BCUT2D eigenvalue weighted by atomic mass is 10.9. The van der Waals surface area contributed by atoms with E-state index < -0.39 is 25.7 Å². The Morgan fingerprint density at radius 3 is 0.840 bits per heavy atom. The Balaban J connectivity index is -0.000000350. The molecule has 0 aromatic heterocycles. The summed E-state index contributed by atoms with van der Waals surface area (Å²) in [6, 6.07) is 0. The van der Waals surface area contributed by atoms with Crippen LogP contribution in [-0.4, -0.2) is 63.8 Å². The van der Waals surface area contributed by atoms with Gasteiger partial charge in [0.2, 0.25) is 0 Å². The molecule has 0 aromatic rings. The highest BCUT2D eigenvalue weighted by Gasteiger charge is 2.44. The minimum atomic E-state index is -2.80. The van der Waals surface area contributed by atoms with Gasteiger partial charge in [-0.05, 0) is 73.9 Å². The van der Waals surface area contributed by atoms with E-state index in [0.717, 1.165) is 0 Å². The van der Waals surface area contributed by atoms with Crippen LogP contribution in [0.4, 0.5) is 0 Å². The molecule has 0 heterocycles. The van der Waals surface area contributed by atoms with Gasteiger partial charge in [0.15, 0.2) is 16.6 Å². The molecule has 0 unspecified atom stereocenters. The first kappa shape index (κ1) is 30.1. The summed E-state index contributed by atoms with van der Waals surface area (Å²) < 4.78 is 27.6. The summed E-state index contributed by atoms with van der Waals surface area (Å²) in [7, 11) is -5.26. The Labute approximate surface area is 159 Å². The maximum Gasteiger partial charge on any atom is 0.679 e. The van der Waals surface area contributed by atoms with Crippen LogP contribution in [0, 0.1) is 0 Å². The molecule has 9 heteroatoms. The normalized spacial score (nSPS) is 12.0. The van der Waals surface area contributed by atoms with Gasteiger partial charge < -0.3 is 26.9 Å². The predicted molar refractivity (Wildman–Crippen MR) is 113 cm³/mol. The van der Waals surface area contributed by atoms with Gasteiger partial charge in [-0.2, -0.15) is 0 Å². The van der Waals surface area contributed by atoms with Crippen LogP contribution in [0.5, 0.6) is 0 Å². The van der Waals surface area contributed by atoms with E-state index >= 15 is 0 Å². The van der Waals surface area contributed by atoms with Crippen LogP contribution in [0.2, 0.25) is 39.3 Å². The van der Waals surface area contributed by atoms with E-state index in [-0.39, 0.29) is 6.61 Å². The molecule has 0 aliphatic carbocycles. The van der Waals surface area contributed by atoms with Crippen LogP contribution < -0.4 is 0 Å². The second-order valence-corrected chi connectivity index (χ2v) is 18.3. The van der Waals surface area contributed by atoms with Crippen molar-refractivity contribution < 1.29 is 26.9 Å². The summed E-state index contributed by atoms with van der Waals surface area (Å²) in [6.07, 6.45) is 0. The van der Waals surface area contributed by atoms with E-state index in [0.29, 0.717) is 26.4 Å². The molecule has 0 bridgehead atoms. The van der Waals surface area contributed by atoms with Gasteiger partial charge in [0, 0.05) is 33.0 Å². The van der Waals surface area contributed by atoms with E-state index in [1.807, 2.05) is 27.7 Å². The third-order valence-electron chi connectivity index (χ3n) is 1.90. The van der Waals surface area contributed by atoms with Gasteiger partial charge in [0.1, 0.15) is 0 Å². The van der Waals surface area contributed by atoms with Crippen LogP contribution in [0.3, 0.4) is 0 Å². The summed E-state index contributed by atoms with van der Waals surface area (Å²) in [5.74, 6) is 0. The number of aliphatic hydroxyl groups is 1. The van der Waals surface area contributed by atoms with Crippen LogP contribution in [0.1, 0.15) is 34.6 Å². The van der Waals surface area contributed by atoms with Gasteiger partial charge in [0.25, 0.3) is 0 Å². The molecule has 1 N–H and O–H groups in total. The zero-order valence-corrected chi connectivity index (χ0v) is 21.5. The van der Waals surface area contributed by atoms with Gasteiger partial charge in [-0.15, -0.1) is 0 Å². The zero-order valence-electron chi connectivity index (χ0n) is 18.5. The topological polar surface area (TPSA) is 66.4 Å². The molecule has 0 aromatic carbocycles. The number of hydrogen-bond acceptors (Lipinski definition) is 6. The van der Waals surface area contributed by atoms with Crippen LogP contribution >= 0.6 is 0 Å². The highest BCUT2D eigenvalue weighted by molar-refractivity contribution is 6.83. The molecular weight excluding hydrogens is 372 g/mol. The average Bonchev–Trinajstić information content (AvgIpc) is 2.37. The van der Waals surface area contributed by atoms with Crippen molar-refractivity contribution in [1.82, 2.24) is 0 Å². The fourth-order valence-corrected chi connectivity index (χ4v) is 11.1. The fourth-order valence-electron chi connectivity index (χ4n) is 1.88. The van der Waals surface area contributed by atoms with Crippen molar-refractivity contribution in [3.05, 3.63) is 0 Å². The van der Waals surface area contributed by atoms with Crippen molar-refractivity contribution in [1.29, 1.82) is 0 Å². The predicted octanol–water partition coefficient (Wildman–Crippen LogP) is 4.24. The first-order valence-electron chi connectivity index (χ1n) is 9.23. The maximum absolute atomic E-state index is 7.57. The zero-order chi connectivity index (χ0) is 20.6. The Morgan fingerprint density at radius 2 is 0.760 bits per heavy atom. The Hall–Kier alpha value is 0.411. The fraction of sp³-hybridized carbons (Fsp3) is 1.00. The lowest BCUT2D eigenvalue weighted by Gasteiger charge is -2.27. The average molecular weight is 417 g/mol. The van der Waals surface area contributed by atoms with Crippen molar-refractivity contribution in [2.45, 2.75) is 73.9 Å². The molecule has 0 aliphatic rings. The van der Waals surface area contributed by atoms with Crippen molar-refractivity contribution in [3.63, 3.8) is 0 Å². The minimum Gasteiger partial charge on any atom is -0.456 e. The standard InChI is InChI=1S/C8H20O4Si.C6H18OSi2.C2H6O/c1-5-9-13(10-6-2,11-7-3)12-8-4;1-8(2,3)7-9(4,5)6;1-2-3/h5-8H2,1-4H3;1-6H3;3H,2H2,1H3. The lowest BCUT2D eigenvalue weighted by molar-refractivity contribution is -0.0247. The van der Waals surface area contributed by atoms with Gasteiger partial charge in [0.05, 0.1) is 0 Å². The summed E-state index contributed by atoms with van der Waals surface area (Å²) >= 11 is 0. The molecule has 156 valence electrons. The van der Waals surface area contributed by atoms with Crippen molar-refractivity contribution >= 4 is 25.7 Å². The van der Waals surface area contributed by atoms with Crippen molar-refractivity contribution in [3.8, 4) is 0 Å². The minimum absolute atomic E-state index is 0.250. The van der Waals surface area contributed by atoms with Crippen molar-refractivity contribution in [2.24, 2.45) is 0 Å². The summed E-state index contributed by atoms with van der Waals surface area (Å²) in [6.45, 7) is 25.2. The van der Waals surface area contributed by atoms with Crippen LogP contribution in [-0.2, 0) is 21.8 Å². The second kappa shape index (κ2) is 16.6. The maximum atomic E-state index is 7.57. The SMILES string of the molecule is CCO.CCO[Si](OCC)(OCC)OCC.C[Si](C)(C)O[Si](C)(C)C. The summed E-state index contributed by atoms with van der Waals surface area (Å²) in [4.78, 5) is 0. The second-order valence-electron chi connectivity index (χ2n) is 6.88. The third kappa shape index (κ3) is 24.4. The number of hydrogen-bond donors (Lipinski definition) is 1. The van der Waals surface area contributed by atoms with E-state index in [2.05, 4.69) is 39.3 Å². The Bertz CT molecular complexity index is 239. The first-order valence-corrected chi connectivity index (χ1v) is 17.7. The molecule has 25 heavy (non-hydrogen) atoms. The largest absolute Gasteiger partial charge is 0.679 e. The summed E-state index contributed by atoms with van der Waals surface area (Å²) in [5, 5.41) is 7.57. The lowest BCUT2D eigenvalue weighted by Crippen LogP contribution is -2.49. The molecule has 0 amide bonds. The molecule has 0 spiro atoms. The van der Waals surface area contributed by atoms with Gasteiger partial charge in [-0.3, -0.25) is 0 Å². The molecule has 0 rings (SSSR count). The van der Waals surface area contributed by atoms with Gasteiger partial charge >= 0.3 is 9.05 Å².